The van der Waals surface area contributed by atoms with Gasteiger partial charge in [0, 0.05) is 13.1 Å². The van der Waals surface area contributed by atoms with E-state index in [-0.39, 0.29) is 15.9 Å². The quantitative estimate of drug-likeness (QED) is 0.790. The van der Waals surface area contributed by atoms with Crippen LogP contribution in [0.3, 0.4) is 0 Å². The molecule has 8 heteroatoms. The molecule has 1 aliphatic rings. The zero-order valence-electron chi connectivity index (χ0n) is 12.4. The van der Waals surface area contributed by atoms with Gasteiger partial charge in [-0.3, -0.25) is 0 Å². The van der Waals surface area contributed by atoms with Crippen molar-refractivity contribution >= 4 is 27.3 Å². The Labute approximate surface area is 129 Å². The summed E-state index contributed by atoms with van der Waals surface area (Å²) in [5.74, 6) is -0.205. The van der Waals surface area contributed by atoms with Crippen LogP contribution in [0.5, 0.6) is 0 Å². The maximum absolute atomic E-state index is 12.7. The van der Waals surface area contributed by atoms with Gasteiger partial charge in [0.05, 0.1) is 12.6 Å². The number of methoxy groups -OCH3 is 1. The van der Waals surface area contributed by atoms with Gasteiger partial charge in [-0.2, -0.15) is 4.31 Å². The number of thiazole rings is 1. The summed E-state index contributed by atoms with van der Waals surface area (Å²) in [6.45, 7) is 2.14. The van der Waals surface area contributed by atoms with Crippen LogP contribution in [0.1, 0.15) is 43.1 Å². The van der Waals surface area contributed by atoms with Crippen LogP contribution in [0.15, 0.2) is 9.72 Å². The molecule has 2 unspecified atom stereocenters. The fraction of sp³-hybridized carbons (Fsp3) is 0.692. The van der Waals surface area contributed by atoms with Crippen molar-refractivity contribution in [3.8, 4) is 0 Å². The normalized spacial score (nSPS) is 23.2. The second-order valence-corrected chi connectivity index (χ2v) is 8.47. The highest BCUT2D eigenvalue weighted by molar-refractivity contribution is 7.91. The molecule has 1 aliphatic carbocycles. The van der Waals surface area contributed by atoms with E-state index in [1.165, 1.54) is 16.9 Å². The van der Waals surface area contributed by atoms with Crippen LogP contribution in [0.4, 0.5) is 0 Å². The van der Waals surface area contributed by atoms with E-state index < -0.39 is 16.0 Å². The average molecular weight is 332 g/mol. The van der Waals surface area contributed by atoms with Gasteiger partial charge >= 0.3 is 5.97 Å². The fourth-order valence-corrected chi connectivity index (χ4v) is 5.41. The van der Waals surface area contributed by atoms with Gasteiger partial charge in [0.2, 0.25) is 0 Å². The summed E-state index contributed by atoms with van der Waals surface area (Å²) in [6, 6.07) is -0.0219. The lowest BCUT2D eigenvalue weighted by molar-refractivity contribution is 0.0590. The predicted octanol–water partition coefficient (Wildman–Crippen LogP) is 2.13. The maximum atomic E-state index is 12.7. The number of nitrogens with zero attached hydrogens (tertiary/aromatic N) is 2. The molecule has 0 bridgehead atoms. The molecule has 1 aromatic heterocycles. The van der Waals surface area contributed by atoms with Crippen LogP contribution in [-0.4, -0.2) is 43.9 Å². The first-order chi connectivity index (χ1) is 9.87. The monoisotopic (exact) mass is 332 g/mol. The Morgan fingerprint density at radius 3 is 2.81 bits per heavy atom. The molecule has 1 fully saturated rings. The van der Waals surface area contributed by atoms with Gasteiger partial charge in [-0.15, -0.1) is 11.3 Å². The number of ether oxygens (including phenoxy) is 1. The zero-order chi connectivity index (χ0) is 15.6. The Bertz CT molecular complexity index is 611. The highest BCUT2D eigenvalue weighted by atomic mass is 32.2. The summed E-state index contributed by atoms with van der Waals surface area (Å²) >= 11 is 0.952. The number of sulfonamides is 1. The fourth-order valence-electron chi connectivity index (χ4n) is 2.71. The molecule has 2 rings (SSSR count). The lowest BCUT2D eigenvalue weighted by Gasteiger charge is -2.33. The van der Waals surface area contributed by atoms with E-state index >= 15 is 0 Å². The van der Waals surface area contributed by atoms with E-state index in [1.54, 1.807) is 7.05 Å². The highest BCUT2D eigenvalue weighted by Crippen LogP contribution is 2.32. The second kappa shape index (κ2) is 6.41. The number of carbonyl (C=O) groups excluding carboxylic acids is 1. The van der Waals surface area contributed by atoms with Crippen LogP contribution in [-0.2, 0) is 14.8 Å². The van der Waals surface area contributed by atoms with E-state index in [2.05, 4.69) is 16.6 Å². The van der Waals surface area contributed by atoms with Crippen molar-refractivity contribution in [2.24, 2.45) is 5.92 Å². The molecule has 2 atom stereocenters. The van der Waals surface area contributed by atoms with E-state index in [0.29, 0.717) is 5.92 Å². The summed E-state index contributed by atoms with van der Waals surface area (Å²) < 4.78 is 31.4. The average Bonchev–Trinajstić information content (AvgIpc) is 2.95. The third-order valence-corrected chi connectivity index (χ3v) is 7.21. The van der Waals surface area contributed by atoms with Gasteiger partial charge in [0.1, 0.15) is 0 Å². The zero-order valence-corrected chi connectivity index (χ0v) is 14.0. The van der Waals surface area contributed by atoms with Crippen molar-refractivity contribution < 1.29 is 17.9 Å². The summed E-state index contributed by atoms with van der Waals surface area (Å²) in [5.41, 5.74) is 1.23. The standard InChI is InChI=1S/C13H20N2O4S2/c1-9-5-4-6-10(7-9)15(2)21(17,18)13-11(12(16)19-3)14-8-20-13/h8-10H,4-7H2,1-3H3. The number of rotatable bonds is 4. The van der Waals surface area contributed by atoms with Crippen LogP contribution < -0.4 is 0 Å². The van der Waals surface area contributed by atoms with Crippen LogP contribution in [0.2, 0.25) is 0 Å². The van der Waals surface area contributed by atoms with Crippen LogP contribution in [0.25, 0.3) is 0 Å². The number of aromatic nitrogens is 1. The Hall–Kier alpha value is -0.990. The first-order valence-electron chi connectivity index (χ1n) is 6.87. The SMILES string of the molecule is COC(=O)c1ncsc1S(=O)(=O)N(C)C1CCCC(C)C1. The van der Waals surface area contributed by atoms with E-state index in [1.807, 2.05) is 0 Å². The molecule has 0 radical (unpaired) electrons. The second-order valence-electron chi connectivity index (χ2n) is 5.43. The van der Waals surface area contributed by atoms with E-state index in [4.69, 9.17) is 0 Å². The third-order valence-electron chi connectivity index (χ3n) is 3.95. The minimum absolute atomic E-state index is 0.0219. The van der Waals surface area contributed by atoms with Gasteiger partial charge in [0.15, 0.2) is 9.90 Å². The molecule has 0 aromatic carbocycles. The molecule has 6 nitrogen and oxygen atoms in total. The third kappa shape index (κ3) is 3.27. The van der Waals surface area contributed by atoms with E-state index in [0.717, 1.165) is 37.0 Å². The minimum atomic E-state index is -3.72. The van der Waals surface area contributed by atoms with Crippen molar-refractivity contribution in [2.75, 3.05) is 14.2 Å². The topological polar surface area (TPSA) is 76.6 Å². The molecule has 0 spiro atoms. The molecule has 1 heterocycles. The first kappa shape index (κ1) is 16.4. The predicted molar refractivity (Wildman–Crippen MR) is 79.8 cm³/mol. The molecular formula is C13H20N2O4S2. The molecule has 0 N–H and O–H groups in total. The van der Waals surface area contributed by atoms with Gasteiger partial charge in [-0.25, -0.2) is 18.2 Å². The molecule has 0 aliphatic heterocycles. The van der Waals surface area contributed by atoms with Gasteiger partial charge in [0.25, 0.3) is 10.0 Å². The van der Waals surface area contributed by atoms with Crippen molar-refractivity contribution in [1.29, 1.82) is 0 Å². The number of carbonyl (C=O) groups is 1. The molecule has 1 aromatic rings. The van der Waals surface area contributed by atoms with Crippen molar-refractivity contribution in [2.45, 2.75) is 42.9 Å². The molecule has 118 valence electrons. The van der Waals surface area contributed by atoms with Crippen LogP contribution in [0, 0.1) is 5.92 Å². The number of hydrogen-bond acceptors (Lipinski definition) is 6. The molecule has 1 saturated carbocycles. The summed E-state index contributed by atoms with van der Waals surface area (Å²) in [4.78, 5) is 15.5. The number of hydrogen-bond donors (Lipinski definition) is 0. The van der Waals surface area contributed by atoms with Crippen molar-refractivity contribution in [1.82, 2.24) is 9.29 Å². The van der Waals surface area contributed by atoms with E-state index in [9.17, 15) is 13.2 Å². The summed E-state index contributed by atoms with van der Waals surface area (Å²) in [5, 5.41) is 0. The lowest BCUT2D eigenvalue weighted by Crippen LogP contribution is -2.40. The Kier molecular flexibility index (Phi) is 5.00. The van der Waals surface area contributed by atoms with Crippen LogP contribution >= 0.6 is 11.3 Å². The first-order valence-corrected chi connectivity index (χ1v) is 9.19. The largest absolute Gasteiger partial charge is 0.464 e. The Morgan fingerprint density at radius 2 is 2.19 bits per heavy atom. The lowest BCUT2D eigenvalue weighted by atomic mass is 9.87. The van der Waals surface area contributed by atoms with Gasteiger partial charge in [-0.05, 0) is 18.8 Å². The maximum Gasteiger partial charge on any atom is 0.358 e. The summed E-state index contributed by atoms with van der Waals surface area (Å²) in [7, 11) is -0.921. The molecule has 21 heavy (non-hydrogen) atoms. The molecule has 0 amide bonds. The summed E-state index contributed by atoms with van der Waals surface area (Å²) in [6.07, 6.45) is 3.87. The smallest absolute Gasteiger partial charge is 0.358 e. The highest BCUT2D eigenvalue weighted by Gasteiger charge is 2.35. The number of esters is 1. The molecular weight excluding hydrogens is 312 g/mol. The molecule has 0 saturated heterocycles. The Balaban J connectivity index is 2.29. The minimum Gasteiger partial charge on any atom is -0.464 e. The Morgan fingerprint density at radius 1 is 1.48 bits per heavy atom. The van der Waals surface area contributed by atoms with Crippen molar-refractivity contribution in [3.05, 3.63) is 11.2 Å². The van der Waals surface area contributed by atoms with Gasteiger partial charge in [-0.1, -0.05) is 19.8 Å². The van der Waals surface area contributed by atoms with Gasteiger partial charge < -0.3 is 4.74 Å². The van der Waals surface area contributed by atoms with Crippen molar-refractivity contribution in [3.63, 3.8) is 0 Å².